The van der Waals surface area contributed by atoms with Gasteiger partial charge in [-0.05, 0) is 47.4 Å². The van der Waals surface area contributed by atoms with E-state index in [2.05, 4.69) is 29.3 Å². The summed E-state index contributed by atoms with van der Waals surface area (Å²) in [4.78, 5) is 19.1. The number of carbonyl (C=O) groups is 1. The minimum Gasteiger partial charge on any atom is -0.465 e. The number of aliphatic imine (C=N–C) groups is 1. The van der Waals surface area contributed by atoms with E-state index in [4.69, 9.17) is 27.9 Å². The zero-order valence-corrected chi connectivity index (χ0v) is 18.0. The summed E-state index contributed by atoms with van der Waals surface area (Å²) < 4.78 is 5.81. The number of benzene rings is 3. The number of hydrogen-bond acceptors (Lipinski definition) is 2. The number of ether oxygens (including phenoxy) is 1. The number of amidine groups is 1. The number of amides is 1. The van der Waals surface area contributed by atoms with Crippen LogP contribution in [0.25, 0.3) is 11.1 Å². The molecule has 4 nitrogen and oxygen atoms in total. The molecule has 0 saturated carbocycles. The summed E-state index contributed by atoms with van der Waals surface area (Å²) in [6.45, 7) is 3.41. The fourth-order valence-electron chi connectivity index (χ4n) is 3.58. The van der Waals surface area contributed by atoms with Crippen LogP contribution in [0.2, 0.25) is 10.0 Å². The van der Waals surface area contributed by atoms with Gasteiger partial charge in [0.1, 0.15) is 0 Å². The number of carbonyl (C=O) groups excluding carboxylic acids is 1. The molecule has 3 aromatic carbocycles. The normalized spacial score (nSPS) is 13.3. The Morgan fingerprint density at radius 1 is 0.967 bits per heavy atom. The summed E-state index contributed by atoms with van der Waals surface area (Å²) in [6.07, 6.45) is 0. The third kappa shape index (κ3) is 4.20. The maximum Gasteiger partial charge on any atom is 0.296 e. The topological polar surface area (TPSA) is 41.9 Å². The Bertz CT molecular complexity index is 1080. The predicted molar refractivity (Wildman–Crippen MR) is 121 cm³/mol. The number of hydrogen-bond donors (Lipinski definition) is 0. The van der Waals surface area contributed by atoms with Crippen LogP contribution in [0.3, 0.4) is 0 Å². The zero-order chi connectivity index (χ0) is 21.1. The van der Waals surface area contributed by atoms with Gasteiger partial charge in [0, 0.05) is 18.1 Å². The van der Waals surface area contributed by atoms with Crippen LogP contribution in [0.1, 0.15) is 28.4 Å². The first-order valence-corrected chi connectivity index (χ1v) is 10.4. The molecule has 1 heterocycles. The Morgan fingerprint density at radius 3 is 2.13 bits per heavy atom. The molecular weight excluding hydrogens is 419 g/mol. The Hall–Kier alpha value is -2.82. The fraction of sp³-hybridized carbons (Fsp3) is 0.167. The minimum absolute atomic E-state index is 0.263. The van der Waals surface area contributed by atoms with Gasteiger partial charge in [0.15, 0.2) is 0 Å². The summed E-state index contributed by atoms with van der Waals surface area (Å²) in [7, 11) is 0. The first kappa shape index (κ1) is 20.5. The van der Waals surface area contributed by atoms with Crippen LogP contribution in [0.15, 0.2) is 71.7 Å². The van der Waals surface area contributed by atoms with Crippen molar-refractivity contribution in [2.45, 2.75) is 20.0 Å². The van der Waals surface area contributed by atoms with Crippen molar-refractivity contribution in [1.29, 1.82) is 0 Å². The average molecular weight is 439 g/mol. The first-order valence-electron chi connectivity index (χ1n) is 9.69. The maximum atomic E-state index is 12.9. The third-order valence-corrected chi connectivity index (χ3v) is 5.50. The molecule has 0 saturated heterocycles. The monoisotopic (exact) mass is 438 g/mol. The van der Waals surface area contributed by atoms with E-state index < -0.39 is 5.91 Å². The molecule has 0 N–H and O–H groups in total. The van der Waals surface area contributed by atoms with Crippen LogP contribution in [-0.4, -0.2) is 23.4 Å². The highest BCUT2D eigenvalue weighted by Gasteiger charge is 2.23. The van der Waals surface area contributed by atoms with Crippen LogP contribution in [0.4, 0.5) is 0 Å². The van der Waals surface area contributed by atoms with Gasteiger partial charge in [0.05, 0.1) is 17.2 Å². The van der Waals surface area contributed by atoms with Crippen molar-refractivity contribution in [1.82, 2.24) is 4.90 Å². The van der Waals surface area contributed by atoms with Gasteiger partial charge in [-0.25, -0.2) is 0 Å². The van der Waals surface area contributed by atoms with E-state index >= 15 is 0 Å². The second-order valence-electron chi connectivity index (χ2n) is 6.93. The summed E-state index contributed by atoms with van der Waals surface area (Å²) >= 11 is 12.1. The maximum absolute atomic E-state index is 12.9. The molecular formula is C24H20Cl2N2O2. The summed E-state index contributed by atoms with van der Waals surface area (Å²) in [5.41, 5.74) is 4.93. The van der Waals surface area contributed by atoms with Gasteiger partial charge in [-0.1, -0.05) is 71.7 Å². The third-order valence-electron chi connectivity index (χ3n) is 4.95. The number of halogens is 2. The summed E-state index contributed by atoms with van der Waals surface area (Å²) in [6, 6.07) is 21.5. The van der Waals surface area contributed by atoms with E-state index in [0.29, 0.717) is 24.7 Å². The van der Waals surface area contributed by atoms with E-state index in [1.54, 1.807) is 12.1 Å². The molecule has 6 heteroatoms. The molecule has 4 rings (SSSR count). The Kier molecular flexibility index (Phi) is 6.07. The Balaban J connectivity index is 1.74. The first-order chi connectivity index (χ1) is 14.6. The molecule has 0 bridgehead atoms. The van der Waals surface area contributed by atoms with Crippen molar-refractivity contribution in [3.05, 3.63) is 93.5 Å². The molecule has 1 aliphatic rings. The quantitative estimate of drug-likeness (QED) is 0.352. The highest BCUT2D eigenvalue weighted by atomic mass is 35.5. The van der Waals surface area contributed by atoms with Crippen molar-refractivity contribution in [3.8, 4) is 11.1 Å². The van der Waals surface area contributed by atoms with Crippen molar-refractivity contribution in [2.24, 2.45) is 4.99 Å². The van der Waals surface area contributed by atoms with Crippen LogP contribution >= 0.6 is 23.2 Å². The average Bonchev–Trinajstić information content (AvgIpc) is 2.90. The van der Waals surface area contributed by atoms with Crippen LogP contribution < -0.4 is 0 Å². The van der Waals surface area contributed by atoms with Crippen molar-refractivity contribution < 1.29 is 9.53 Å². The van der Waals surface area contributed by atoms with E-state index in [1.807, 2.05) is 36.1 Å². The standard InChI is InChI=1S/C24H20Cl2N2O2/c1-2-30-24(27-23(29)21-12-11-18(25)13-22(21)26)28-14-16-7-3-5-9-19(16)20-10-6-4-8-17(20)15-28/h3-13H,2,14-15H2,1H3/b27-24-. The van der Waals surface area contributed by atoms with Gasteiger partial charge >= 0.3 is 0 Å². The minimum atomic E-state index is -0.467. The molecule has 1 aliphatic heterocycles. The number of nitrogens with zero attached hydrogens (tertiary/aromatic N) is 2. The zero-order valence-electron chi connectivity index (χ0n) is 16.4. The molecule has 3 aromatic rings. The van der Waals surface area contributed by atoms with E-state index in [-0.39, 0.29) is 16.6 Å². The van der Waals surface area contributed by atoms with E-state index in [1.165, 1.54) is 17.2 Å². The SMILES string of the molecule is CCO/C(=N\C(=O)c1ccc(Cl)cc1Cl)N1Cc2ccccc2-c2ccccc2C1. The van der Waals surface area contributed by atoms with E-state index in [9.17, 15) is 4.79 Å². The lowest BCUT2D eigenvalue weighted by atomic mass is 9.97. The van der Waals surface area contributed by atoms with Crippen molar-refractivity contribution >= 4 is 35.1 Å². The molecule has 152 valence electrons. The van der Waals surface area contributed by atoms with Gasteiger partial charge in [0.25, 0.3) is 11.9 Å². The summed E-state index contributed by atoms with van der Waals surface area (Å²) in [5, 5.41) is 0.727. The molecule has 0 aromatic heterocycles. The smallest absolute Gasteiger partial charge is 0.296 e. The number of fused-ring (bicyclic) bond motifs is 3. The highest BCUT2D eigenvalue weighted by Crippen LogP contribution is 2.32. The lowest BCUT2D eigenvalue weighted by molar-refractivity contribution is 0.0993. The van der Waals surface area contributed by atoms with Crippen LogP contribution in [0.5, 0.6) is 0 Å². The van der Waals surface area contributed by atoms with Gasteiger partial charge in [-0.2, -0.15) is 4.99 Å². The predicted octanol–water partition coefficient (Wildman–Crippen LogP) is 6.21. The van der Waals surface area contributed by atoms with Gasteiger partial charge < -0.3 is 9.64 Å². The van der Waals surface area contributed by atoms with E-state index in [0.717, 1.165) is 11.1 Å². The van der Waals surface area contributed by atoms with Crippen molar-refractivity contribution in [2.75, 3.05) is 6.61 Å². The number of rotatable bonds is 2. The van der Waals surface area contributed by atoms with Gasteiger partial charge in [-0.3, -0.25) is 4.79 Å². The van der Waals surface area contributed by atoms with Gasteiger partial charge in [-0.15, -0.1) is 0 Å². The second kappa shape index (κ2) is 8.90. The van der Waals surface area contributed by atoms with Crippen LogP contribution in [-0.2, 0) is 17.8 Å². The second-order valence-corrected chi connectivity index (χ2v) is 7.77. The Morgan fingerprint density at radius 2 is 1.57 bits per heavy atom. The molecule has 0 radical (unpaired) electrons. The largest absolute Gasteiger partial charge is 0.465 e. The molecule has 1 amide bonds. The molecule has 0 unspecified atom stereocenters. The molecule has 0 spiro atoms. The highest BCUT2D eigenvalue weighted by molar-refractivity contribution is 6.36. The van der Waals surface area contributed by atoms with Gasteiger partial charge in [0.2, 0.25) is 0 Å². The molecule has 0 atom stereocenters. The van der Waals surface area contributed by atoms with Crippen LogP contribution in [0, 0.1) is 0 Å². The molecule has 30 heavy (non-hydrogen) atoms. The molecule has 0 aliphatic carbocycles. The Labute approximate surface area is 185 Å². The molecule has 0 fully saturated rings. The van der Waals surface area contributed by atoms with Crippen molar-refractivity contribution in [3.63, 3.8) is 0 Å². The lowest BCUT2D eigenvalue weighted by Crippen LogP contribution is -2.32. The summed E-state index contributed by atoms with van der Waals surface area (Å²) in [5.74, 6) is -0.467. The lowest BCUT2D eigenvalue weighted by Gasteiger charge is -2.24. The fourth-order valence-corrected chi connectivity index (χ4v) is 4.07.